The van der Waals surface area contributed by atoms with Crippen LogP contribution in [0.1, 0.15) is 0 Å². The minimum Gasteiger partial charge on any atom is -0.308 e. The molecule has 0 bridgehead atoms. The number of benzene rings is 3. The fraction of sp³-hybridized carbons (Fsp3) is 0. The van der Waals surface area contributed by atoms with Crippen LogP contribution in [-0.4, -0.2) is 29.1 Å². The van der Waals surface area contributed by atoms with Crippen LogP contribution >= 0.6 is 0 Å². The molecule has 0 unspecified atom stereocenters. The SMILES string of the molecule is c1cc(-c2ccc(-n3c4ccccc4c4ccncc43)cc2)nc(-c2cccc(-n3c4ccccc4c4cnccc43)n2)c1. The highest BCUT2D eigenvalue weighted by Crippen LogP contribution is 2.33. The third kappa shape index (κ3) is 3.75. The van der Waals surface area contributed by atoms with E-state index in [1.807, 2.05) is 67.3 Å². The van der Waals surface area contributed by atoms with Gasteiger partial charge < -0.3 is 4.57 Å². The predicted molar refractivity (Wildman–Crippen MR) is 177 cm³/mol. The third-order valence-electron chi connectivity index (χ3n) is 8.35. The van der Waals surface area contributed by atoms with Crippen molar-refractivity contribution in [3.63, 3.8) is 0 Å². The molecule has 0 aliphatic rings. The molecule has 6 heteroatoms. The maximum absolute atomic E-state index is 5.10. The van der Waals surface area contributed by atoms with Crippen molar-refractivity contribution in [3.05, 3.63) is 146 Å². The second-order valence-corrected chi connectivity index (χ2v) is 10.8. The molecule has 0 amide bonds. The van der Waals surface area contributed by atoms with E-state index in [1.165, 1.54) is 10.8 Å². The van der Waals surface area contributed by atoms with Crippen molar-refractivity contribution in [2.45, 2.75) is 0 Å². The summed E-state index contributed by atoms with van der Waals surface area (Å²) in [7, 11) is 0. The summed E-state index contributed by atoms with van der Waals surface area (Å²) in [6.45, 7) is 0. The van der Waals surface area contributed by atoms with E-state index in [4.69, 9.17) is 9.97 Å². The van der Waals surface area contributed by atoms with Gasteiger partial charge in [-0.05, 0) is 60.7 Å². The highest BCUT2D eigenvalue weighted by atomic mass is 15.1. The number of fused-ring (bicyclic) bond motifs is 6. The summed E-state index contributed by atoms with van der Waals surface area (Å²) < 4.78 is 4.47. The Kier molecular flexibility index (Phi) is 5.40. The van der Waals surface area contributed by atoms with Crippen LogP contribution in [-0.2, 0) is 0 Å². The number of hydrogen-bond acceptors (Lipinski definition) is 4. The maximum atomic E-state index is 5.10. The van der Waals surface area contributed by atoms with Crippen molar-refractivity contribution < 1.29 is 0 Å². The van der Waals surface area contributed by atoms with Crippen LogP contribution in [0, 0.1) is 0 Å². The first kappa shape index (κ1) is 24.5. The number of aromatic nitrogens is 6. The Bertz CT molecular complexity index is 2400. The molecule has 0 saturated heterocycles. The number of para-hydroxylation sites is 2. The highest BCUT2D eigenvalue weighted by Gasteiger charge is 2.15. The van der Waals surface area contributed by atoms with E-state index < -0.39 is 0 Å². The summed E-state index contributed by atoms with van der Waals surface area (Å²) >= 11 is 0. The van der Waals surface area contributed by atoms with E-state index in [9.17, 15) is 0 Å². The van der Waals surface area contributed by atoms with Gasteiger partial charge >= 0.3 is 0 Å². The zero-order chi connectivity index (χ0) is 29.0. The van der Waals surface area contributed by atoms with Gasteiger partial charge in [0, 0.05) is 51.4 Å². The van der Waals surface area contributed by atoms with Crippen molar-refractivity contribution >= 4 is 43.6 Å². The normalized spacial score (nSPS) is 11.6. The number of nitrogens with zero attached hydrogens (tertiary/aromatic N) is 6. The van der Waals surface area contributed by atoms with Crippen molar-refractivity contribution in [1.82, 2.24) is 29.1 Å². The summed E-state index contributed by atoms with van der Waals surface area (Å²) in [5.41, 5.74) is 9.09. The standard InChI is InChI=1S/C38H24N6/c1-3-12-34-27(7-1)29-19-21-40-24-37(29)43(34)26-17-15-25(16-18-26)31-9-5-10-32(41-31)33-11-6-14-38(42-33)44-35-13-4-2-8-28(35)30-23-39-22-20-36(30)44/h1-24H. The van der Waals surface area contributed by atoms with E-state index >= 15 is 0 Å². The maximum Gasteiger partial charge on any atom is 0.138 e. The lowest BCUT2D eigenvalue weighted by Crippen LogP contribution is -1.99. The minimum absolute atomic E-state index is 0.818. The van der Waals surface area contributed by atoms with Gasteiger partial charge in [-0.15, -0.1) is 0 Å². The average molecular weight is 565 g/mol. The van der Waals surface area contributed by atoms with E-state index in [2.05, 4.69) is 98.0 Å². The Hall–Kier alpha value is -6.14. The van der Waals surface area contributed by atoms with E-state index in [0.29, 0.717) is 0 Å². The average Bonchev–Trinajstić information content (AvgIpc) is 3.62. The molecule has 3 aromatic carbocycles. The molecule has 44 heavy (non-hydrogen) atoms. The predicted octanol–water partition coefficient (Wildman–Crippen LogP) is 8.79. The quantitative estimate of drug-likeness (QED) is 0.214. The van der Waals surface area contributed by atoms with Gasteiger partial charge in [-0.2, -0.15) is 0 Å². The van der Waals surface area contributed by atoms with Gasteiger partial charge in [0.05, 0.1) is 45.3 Å². The molecule has 0 N–H and O–H groups in total. The number of pyridine rings is 4. The molecule has 6 heterocycles. The smallest absolute Gasteiger partial charge is 0.138 e. The molecule has 9 aromatic rings. The zero-order valence-corrected chi connectivity index (χ0v) is 23.5. The van der Waals surface area contributed by atoms with Crippen LogP contribution in [0.5, 0.6) is 0 Å². The fourth-order valence-corrected chi connectivity index (χ4v) is 6.37. The summed E-state index contributed by atoms with van der Waals surface area (Å²) in [6.07, 6.45) is 7.54. The lowest BCUT2D eigenvalue weighted by molar-refractivity contribution is 1.08. The van der Waals surface area contributed by atoms with Gasteiger partial charge in [0.1, 0.15) is 5.82 Å². The van der Waals surface area contributed by atoms with Crippen molar-refractivity contribution in [1.29, 1.82) is 0 Å². The van der Waals surface area contributed by atoms with E-state index in [0.717, 1.165) is 67.0 Å². The summed E-state index contributed by atoms with van der Waals surface area (Å²) in [6, 6.07) is 41.8. The summed E-state index contributed by atoms with van der Waals surface area (Å²) in [4.78, 5) is 18.9. The highest BCUT2D eigenvalue weighted by molar-refractivity contribution is 6.09. The van der Waals surface area contributed by atoms with Crippen LogP contribution in [0.4, 0.5) is 0 Å². The van der Waals surface area contributed by atoms with Crippen LogP contribution in [0.2, 0.25) is 0 Å². The summed E-state index contributed by atoms with van der Waals surface area (Å²) in [5.74, 6) is 0.845. The van der Waals surface area contributed by atoms with Gasteiger partial charge in [0.15, 0.2) is 0 Å². The molecule has 0 radical (unpaired) electrons. The minimum atomic E-state index is 0.818. The van der Waals surface area contributed by atoms with Gasteiger partial charge in [-0.1, -0.05) is 60.7 Å². The molecule has 0 spiro atoms. The molecule has 6 aromatic heterocycles. The molecule has 0 aliphatic carbocycles. The molecule has 9 rings (SSSR count). The van der Waals surface area contributed by atoms with Gasteiger partial charge in [0.25, 0.3) is 0 Å². The molecule has 0 atom stereocenters. The molecular formula is C38H24N6. The molecule has 0 saturated carbocycles. The van der Waals surface area contributed by atoms with Crippen molar-refractivity contribution in [2.24, 2.45) is 0 Å². The van der Waals surface area contributed by atoms with Crippen LogP contribution in [0.15, 0.2) is 146 Å². The van der Waals surface area contributed by atoms with Crippen LogP contribution in [0.3, 0.4) is 0 Å². The molecule has 0 fully saturated rings. The first-order valence-corrected chi connectivity index (χ1v) is 14.6. The molecule has 6 nitrogen and oxygen atoms in total. The third-order valence-corrected chi connectivity index (χ3v) is 8.35. The molecule has 0 aliphatic heterocycles. The number of hydrogen-bond donors (Lipinski definition) is 0. The second kappa shape index (κ2) is 9.71. The molecular weight excluding hydrogens is 540 g/mol. The van der Waals surface area contributed by atoms with Crippen molar-refractivity contribution in [2.75, 3.05) is 0 Å². The Morgan fingerprint density at radius 2 is 1.00 bits per heavy atom. The first-order chi connectivity index (χ1) is 21.8. The topological polar surface area (TPSA) is 61.4 Å². The van der Waals surface area contributed by atoms with Crippen LogP contribution < -0.4 is 0 Å². The lowest BCUT2D eigenvalue weighted by atomic mass is 10.1. The first-order valence-electron chi connectivity index (χ1n) is 14.6. The molecule has 206 valence electrons. The number of rotatable bonds is 4. The van der Waals surface area contributed by atoms with Crippen molar-refractivity contribution in [3.8, 4) is 34.2 Å². The van der Waals surface area contributed by atoms with E-state index in [-0.39, 0.29) is 0 Å². The zero-order valence-electron chi connectivity index (χ0n) is 23.5. The van der Waals surface area contributed by atoms with E-state index in [1.54, 1.807) is 0 Å². The van der Waals surface area contributed by atoms with Gasteiger partial charge in [0.2, 0.25) is 0 Å². The largest absolute Gasteiger partial charge is 0.308 e. The fourth-order valence-electron chi connectivity index (χ4n) is 6.37. The Balaban J connectivity index is 1.11. The van der Waals surface area contributed by atoms with Crippen LogP contribution in [0.25, 0.3) is 77.8 Å². The Morgan fingerprint density at radius 1 is 0.386 bits per heavy atom. The van der Waals surface area contributed by atoms with Gasteiger partial charge in [-0.3, -0.25) is 14.5 Å². The lowest BCUT2D eigenvalue weighted by Gasteiger charge is -2.11. The Labute approximate surface area is 252 Å². The Morgan fingerprint density at radius 3 is 1.84 bits per heavy atom. The monoisotopic (exact) mass is 564 g/mol. The summed E-state index contributed by atoms with van der Waals surface area (Å²) in [5, 5.41) is 4.68. The second-order valence-electron chi connectivity index (χ2n) is 10.8. The van der Waals surface area contributed by atoms with Gasteiger partial charge in [-0.25, -0.2) is 9.97 Å².